The van der Waals surface area contributed by atoms with Gasteiger partial charge in [-0.1, -0.05) is 270 Å². The van der Waals surface area contributed by atoms with Crippen LogP contribution >= 0.6 is 0 Å². The highest BCUT2D eigenvalue weighted by molar-refractivity contribution is 6.33. The summed E-state index contributed by atoms with van der Waals surface area (Å²) < 4.78 is 5.35. The van der Waals surface area contributed by atoms with Crippen LogP contribution in [0, 0.1) is 0 Å². The van der Waals surface area contributed by atoms with Crippen LogP contribution in [-0.2, 0) is 32.5 Å². The average Bonchev–Trinajstić information content (AvgIpc) is 1.51. The number of nitrogens with zero attached hydrogens (tertiary/aromatic N) is 4. The molecule has 15 aromatic rings. The lowest BCUT2D eigenvalue weighted by Crippen LogP contribution is -2.15. The van der Waals surface area contributed by atoms with Crippen molar-refractivity contribution in [1.29, 1.82) is 0 Å². The normalized spacial score (nSPS) is 13.2. The summed E-state index contributed by atoms with van der Waals surface area (Å²) in [7, 11) is 0. The molecule has 11 aromatic carbocycles. The number of anilines is 6. The molecule has 0 aliphatic heterocycles. The van der Waals surface area contributed by atoms with E-state index in [9.17, 15) is 0 Å². The van der Waals surface area contributed by atoms with Crippen LogP contribution in [0.5, 0.6) is 0 Å². The molecule has 4 heterocycles. The molecule has 4 heteroatoms. The van der Waals surface area contributed by atoms with Crippen LogP contribution in [0.25, 0.3) is 98.4 Å². The number of fused-ring (bicyclic) bond motifs is 12. The summed E-state index contributed by atoms with van der Waals surface area (Å²) in [4.78, 5) is 5.15. The molecule has 0 atom stereocenters. The van der Waals surface area contributed by atoms with Crippen molar-refractivity contribution < 1.29 is 0 Å². The number of aromatic nitrogens is 2. The Hall–Kier alpha value is -9.38. The molecule has 470 valence electrons. The minimum Gasteiger partial charge on any atom is -0.309 e. The smallest absolute Gasteiger partial charge is 0.0641 e. The highest BCUT2D eigenvalue weighted by Crippen LogP contribution is 2.55. The van der Waals surface area contributed by atoms with Crippen molar-refractivity contribution in [1.82, 2.24) is 8.80 Å². The van der Waals surface area contributed by atoms with Crippen molar-refractivity contribution in [3.05, 3.63) is 252 Å². The van der Waals surface area contributed by atoms with Gasteiger partial charge < -0.3 is 18.6 Å². The van der Waals surface area contributed by atoms with Gasteiger partial charge in [-0.05, 0) is 150 Å². The molecule has 0 fully saturated rings. The summed E-state index contributed by atoms with van der Waals surface area (Å²) >= 11 is 0. The molecule has 0 bridgehead atoms. The predicted molar refractivity (Wildman–Crippen MR) is 408 cm³/mol. The fourth-order valence-electron chi connectivity index (χ4n) is 15.4. The van der Waals surface area contributed by atoms with Gasteiger partial charge in [0.2, 0.25) is 0 Å². The maximum Gasteiger partial charge on any atom is 0.0641 e. The zero-order valence-corrected chi connectivity index (χ0v) is 58.6. The van der Waals surface area contributed by atoms with Gasteiger partial charge in [-0.2, -0.15) is 0 Å². The Morgan fingerprint density at radius 2 is 0.574 bits per heavy atom. The zero-order valence-electron chi connectivity index (χ0n) is 58.6. The Kier molecular flexibility index (Phi) is 13.6. The van der Waals surface area contributed by atoms with Crippen molar-refractivity contribution in [3.8, 4) is 22.3 Å². The summed E-state index contributed by atoms with van der Waals surface area (Å²) in [5.74, 6) is 0. The molecule has 0 aliphatic carbocycles. The first-order valence-electron chi connectivity index (χ1n) is 34.1. The lowest BCUT2D eigenvalue weighted by Gasteiger charge is -2.31. The van der Waals surface area contributed by atoms with Gasteiger partial charge in [0.05, 0.1) is 55.8 Å². The molecule has 4 aromatic heterocycles. The lowest BCUT2D eigenvalue weighted by molar-refractivity contribution is 0.590. The molecule has 0 unspecified atom stereocenters. The molecule has 0 amide bonds. The number of benzene rings is 11. The minimum absolute atomic E-state index is 0.00989. The summed E-state index contributed by atoms with van der Waals surface area (Å²) in [6.45, 7) is 42.1. The van der Waals surface area contributed by atoms with Gasteiger partial charge in [-0.3, -0.25) is 0 Å². The maximum atomic E-state index is 2.68. The van der Waals surface area contributed by atoms with E-state index in [0.717, 1.165) is 34.1 Å². The fraction of sp³-hybridized carbons (Fsp3) is 0.267. The lowest BCUT2D eigenvalue weighted by atomic mass is 9.84. The van der Waals surface area contributed by atoms with Crippen LogP contribution in [0.4, 0.5) is 34.1 Å². The van der Waals surface area contributed by atoms with E-state index in [1.54, 1.807) is 0 Å². The Morgan fingerprint density at radius 1 is 0.245 bits per heavy atom. The third-order valence-corrected chi connectivity index (χ3v) is 20.5. The second kappa shape index (κ2) is 21.1. The number of hydrogen-bond donors (Lipinski definition) is 0. The topological polar surface area (TPSA) is 15.3 Å². The first-order valence-corrected chi connectivity index (χ1v) is 34.1. The van der Waals surface area contributed by atoms with Crippen LogP contribution in [0.2, 0.25) is 0 Å². The predicted octanol–water partition coefficient (Wildman–Crippen LogP) is 26.0. The zero-order chi connectivity index (χ0) is 66.1. The van der Waals surface area contributed by atoms with Gasteiger partial charge in [0, 0.05) is 65.6 Å². The van der Waals surface area contributed by atoms with Crippen molar-refractivity contribution >= 4 is 110 Å². The van der Waals surface area contributed by atoms with Gasteiger partial charge in [0.1, 0.15) is 0 Å². The molecular formula is C90H90N4. The summed E-state index contributed by atoms with van der Waals surface area (Å²) in [5, 5.41) is 10.0. The largest absolute Gasteiger partial charge is 0.309 e. The van der Waals surface area contributed by atoms with Crippen molar-refractivity contribution in [2.24, 2.45) is 0 Å². The fourth-order valence-corrected chi connectivity index (χ4v) is 15.4. The molecule has 0 saturated carbocycles. The Balaban J connectivity index is 1.06. The monoisotopic (exact) mass is 1230 g/mol. The molecule has 0 radical (unpaired) electrons. The Labute approximate surface area is 556 Å². The van der Waals surface area contributed by atoms with Crippen LogP contribution in [0.3, 0.4) is 0 Å². The summed E-state index contributed by atoms with van der Waals surface area (Å²) in [5.41, 5.74) is 26.5. The molecule has 15 rings (SSSR count). The maximum absolute atomic E-state index is 2.68. The average molecular weight is 1230 g/mol. The Bertz CT molecular complexity index is 5100. The molecular weight excluding hydrogens is 1140 g/mol. The number of rotatable bonds is 8. The van der Waals surface area contributed by atoms with Gasteiger partial charge in [-0.25, -0.2) is 0 Å². The standard InChI is InChI=1S/C90H90N4/c1-85(2,3)57-35-41-61(42-36-57)91(73-47-39-59(87(7,8)9)51-67(73)55-27-21-19-22-28-55)75-49-45-63-69-53-78-70(54-77(69)93-81-65(79(75)83(63)93)31-25-33-71(81)89(13,14)15)64-46-50-76(80-66-32-26-34-72(90(16,17)18)82(66)94(78)84(64)80)92(62-43-37-58(38-44-62)86(4,5)6)74-48-40-60(88(10,11)12)52-68(74)56-29-23-20-24-30-56/h19-54H,1-18H3. The highest BCUT2D eigenvalue weighted by atomic mass is 15.2. The van der Waals surface area contributed by atoms with E-state index in [0.29, 0.717) is 0 Å². The van der Waals surface area contributed by atoms with Crippen LogP contribution in [0.15, 0.2) is 218 Å². The van der Waals surface area contributed by atoms with E-state index in [4.69, 9.17) is 0 Å². The number of hydrogen-bond acceptors (Lipinski definition) is 2. The van der Waals surface area contributed by atoms with Crippen molar-refractivity contribution in [3.63, 3.8) is 0 Å². The third kappa shape index (κ3) is 9.67. The van der Waals surface area contributed by atoms with Gasteiger partial charge in [-0.15, -0.1) is 0 Å². The van der Waals surface area contributed by atoms with E-state index >= 15 is 0 Å². The third-order valence-electron chi connectivity index (χ3n) is 20.5. The second-order valence-corrected chi connectivity index (χ2v) is 33.1. The summed E-state index contributed by atoms with van der Waals surface area (Å²) in [6, 6.07) is 84.4. The van der Waals surface area contributed by atoms with E-state index in [1.807, 2.05) is 0 Å². The molecule has 94 heavy (non-hydrogen) atoms. The molecule has 4 nitrogen and oxygen atoms in total. The van der Waals surface area contributed by atoms with Crippen LogP contribution in [0.1, 0.15) is 158 Å². The van der Waals surface area contributed by atoms with Gasteiger partial charge in [0.25, 0.3) is 0 Å². The van der Waals surface area contributed by atoms with Crippen LogP contribution in [-0.4, -0.2) is 8.80 Å². The van der Waals surface area contributed by atoms with Crippen LogP contribution < -0.4 is 9.80 Å². The van der Waals surface area contributed by atoms with Gasteiger partial charge in [0.15, 0.2) is 0 Å². The second-order valence-electron chi connectivity index (χ2n) is 33.1. The minimum atomic E-state index is -0.173. The molecule has 0 saturated heterocycles. The number of para-hydroxylation sites is 2. The summed E-state index contributed by atoms with van der Waals surface area (Å²) in [6.07, 6.45) is 0. The van der Waals surface area contributed by atoms with Gasteiger partial charge >= 0.3 is 0 Å². The van der Waals surface area contributed by atoms with Crippen molar-refractivity contribution in [2.45, 2.75) is 157 Å². The van der Waals surface area contributed by atoms with E-state index < -0.39 is 0 Å². The SMILES string of the molecule is CC(C)(C)c1ccc(N(c2ccc(C(C)(C)C)cc2-c2ccccc2)c2ccc3c4cc5c(cc4n4c6c(C(C)(C)C)cccc6c2c34)c2ccc(N(c3ccc(C(C)(C)C)cc3)c3ccc(C(C)(C)C)cc3-c3ccccc3)c3c4cccc(C(C)(C)C)c4n5c23)cc1. The Morgan fingerprint density at radius 3 is 0.904 bits per heavy atom. The quantitative estimate of drug-likeness (QED) is 0.151. The first-order chi connectivity index (χ1) is 44.5. The molecule has 0 N–H and O–H groups in total. The van der Waals surface area contributed by atoms with Crippen molar-refractivity contribution in [2.75, 3.05) is 9.80 Å². The first kappa shape index (κ1) is 60.8. The molecule has 0 aliphatic rings. The van der Waals surface area contributed by atoms with E-state index in [2.05, 4.69) is 362 Å². The molecule has 0 spiro atoms. The highest BCUT2D eigenvalue weighted by Gasteiger charge is 2.34. The van der Waals surface area contributed by atoms with E-state index in [-0.39, 0.29) is 32.5 Å². The van der Waals surface area contributed by atoms with E-state index in [1.165, 1.54) is 132 Å².